The molecule has 0 spiro atoms. The molecule has 0 aliphatic carbocycles. The first-order valence-corrected chi connectivity index (χ1v) is 13.9. The lowest BCUT2D eigenvalue weighted by molar-refractivity contribution is -0.116. The largest absolute Gasteiger partial charge is 0.325 e. The van der Waals surface area contributed by atoms with E-state index in [2.05, 4.69) is 25.6 Å². The molecular formula is C26H28Cl2N6O2S. The van der Waals surface area contributed by atoms with Crippen LogP contribution in [0, 0.1) is 0 Å². The summed E-state index contributed by atoms with van der Waals surface area (Å²) in [7, 11) is 1.66. The van der Waals surface area contributed by atoms with Gasteiger partial charge in [0.1, 0.15) is 5.82 Å². The topological polar surface area (TPSA) is 106 Å². The lowest BCUT2D eigenvalue weighted by Crippen LogP contribution is -2.21. The number of halogens is 2. The number of aryl methyl sites for hydroxylation is 1. The summed E-state index contributed by atoms with van der Waals surface area (Å²) in [6.45, 7) is 0. The quantitative estimate of drug-likeness (QED) is 0.162. The molecule has 4 rings (SSSR count). The molecule has 0 bridgehead atoms. The summed E-state index contributed by atoms with van der Waals surface area (Å²) in [4.78, 5) is 29.0. The van der Waals surface area contributed by atoms with Gasteiger partial charge in [0.15, 0.2) is 0 Å². The number of nitrogens with zero attached hydrogens (tertiary/aromatic N) is 4. The molecule has 0 radical (unpaired) electrons. The smallest absolute Gasteiger partial charge is 0.274 e. The van der Waals surface area contributed by atoms with E-state index in [1.54, 1.807) is 37.0 Å². The maximum atomic E-state index is 12.3. The summed E-state index contributed by atoms with van der Waals surface area (Å²) in [5.74, 6) is 1.60. The van der Waals surface area contributed by atoms with Crippen LogP contribution in [0.5, 0.6) is 0 Å². The Morgan fingerprint density at radius 1 is 1.05 bits per heavy atom. The van der Waals surface area contributed by atoms with E-state index in [-0.39, 0.29) is 11.5 Å². The van der Waals surface area contributed by atoms with Crippen LogP contribution in [0.1, 0.15) is 50.0 Å². The highest BCUT2D eigenvalue weighted by molar-refractivity contribution is 7.99. The maximum Gasteiger partial charge on any atom is 0.274 e. The summed E-state index contributed by atoms with van der Waals surface area (Å²) in [6.07, 6.45) is 5.98. The monoisotopic (exact) mass is 558 g/mol. The van der Waals surface area contributed by atoms with Gasteiger partial charge in [-0.1, -0.05) is 72.4 Å². The van der Waals surface area contributed by atoms with Gasteiger partial charge in [0.2, 0.25) is 11.1 Å². The zero-order valence-corrected chi connectivity index (χ0v) is 22.8. The summed E-state index contributed by atoms with van der Waals surface area (Å²) in [5, 5.41) is 17.7. The second-order valence-corrected chi connectivity index (χ2v) is 10.6. The number of fused-ring (bicyclic) bond motifs is 1. The van der Waals surface area contributed by atoms with Gasteiger partial charge in [0, 0.05) is 29.6 Å². The van der Waals surface area contributed by atoms with Gasteiger partial charge in [0.05, 0.1) is 28.2 Å². The molecule has 0 atom stereocenters. The Hall–Kier alpha value is -2.88. The average molecular weight is 560 g/mol. The predicted molar refractivity (Wildman–Crippen MR) is 150 cm³/mol. The number of anilines is 1. The molecule has 2 aromatic carbocycles. The highest BCUT2D eigenvalue weighted by Crippen LogP contribution is 2.25. The van der Waals surface area contributed by atoms with Crippen molar-refractivity contribution >= 4 is 57.3 Å². The Balaban J connectivity index is 1.13. The highest BCUT2D eigenvalue weighted by atomic mass is 35.5. The maximum absolute atomic E-state index is 12.3. The molecule has 0 fully saturated rings. The van der Waals surface area contributed by atoms with Gasteiger partial charge < -0.3 is 5.32 Å². The van der Waals surface area contributed by atoms with Crippen LogP contribution in [0.4, 0.5) is 5.69 Å². The number of H-pyrrole nitrogens is 1. The van der Waals surface area contributed by atoms with Gasteiger partial charge in [-0.15, -0.1) is 5.10 Å². The summed E-state index contributed by atoms with van der Waals surface area (Å²) in [5.41, 5.74) is 1.26. The van der Waals surface area contributed by atoms with Crippen molar-refractivity contribution in [1.29, 1.82) is 0 Å². The summed E-state index contributed by atoms with van der Waals surface area (Å²) in [6, 6.07) is 12.5. The van der Waals surface area contributed by atoms with Crippen LogP contribution < -0.4 is 10.9 Å². The van der Waals surface area contributed by atoms with Crippen LogP contribution in [0.15, 0.2) is 52.4 Å². The van der Waals surface area contributed by atoms with Crippen molar-refractivity contribution in [3.63, 3.8) is 0 Å². The number of hydrogen-bond acceptors (Lipinski definition) is 6. The van der Waals surface area contributed by atoms with Crippen LogP contribution in [0.3, 0.4) is 0 Å². The molecule has 0 aliphatic rings. The van der Waals surface area contributed by atoms with Crippen molar-refractivity contribution in [1.82, 2.24) is 25.0 Å². The van der Waals surface area contributed by atoms with E-state index in [0.717, 1.165) is 54.8 Å². The fourth-order valence-electron chi connectivity index (χ4n) is 3.97. The van der Waals surface area contributed by atoms with E-state index in [1.807, 2.05) is 24.3 Å². The highest BCUT2D eigenvalue weighted by Gasteiger charge is 2.12. The lowest BCUT2D eigenvalue weighted by Gasteiger charge is -2.07. The Bertz CT molecular complexity index is 1440. The normalized spacial score (nSPS) is 11.2. The second-order valence-electron chi connectivity index (χ2n) is 8.70. The van der Waals surface area contributed by atoms with Crippen LogP contribution in [0.25, 0.3) is 10.8 Å². The van der Waals surface area contributed by atoms with Crippen molar-refractivity contribution in [2.24, 2.45) is 7.05 Å². The van der Waals surface area contributed by atoms with E-state index >= 15 is 0 Å². The first kappa shape index (κ1) is 27.2. The number of amides is 1. The lowest BCUT2D eigenvalue weighted by atomic mass is 10.1. The van der Waals surface area contributed by atoms with Crippen LogP contribution in [0.2, 0.25) is 10.0 Å². The van der Waals surface area contributed by atoms with Crippen molar-refractivity contribution in [2.75, 3.05) is 11.1 Å². The third kappa shape index (κ3) is 7.56. The standard InChI is InChI=1S/C26H28Cl2N6O2S/c1-34-25(36)19-10-7-6-9-18(19)22(33-34)16-23-30-26(32-31-23)37-14-8-4-2-3-5-11-24(35)29-21-13-12-17(27)15-20(21)28/h6-7,9-10,12-13,15H,2-5,8,11,14,16H2,1H3,(H,29,35)(H,30,31,32). The molecule has 8 nitrogen and oxygen atoms in total. The minimum atomic E-state index is -0.112. The molecule has 194 valence electrons. The number of aromatic nitrogens is 5. The molecule has 0 saturated carbocycles. The summed E-state index contributed by atoms with van der Waals surface area (Å²) >= 11 is 13.6. The third-order valence-electron chi connectivity index (χ3n) is 5.86. The minimum Gasteiger partial charge on any atom is -0.325 e. The van der Waals surface area contributed by atoms with E-state index in [0.29, 0.717) is 39.1 Å². The average Bonchev–Trinajstić information content (AvgIpc) is 3.33. The fourth-order valence-corrected chi connectivity index (χ4v) is 5.24. The molecule has 11 heteroatoms. The Morgan fingerprint density at radius 3 is 2.62 bits per heavy atom. The van der Waals surface area contributed by atoms with Crippen molar-refractivity contribution in [3.8, 4) is 0 Å². The first-order chi connectivity index (χ1) is 17.9. The Kier molecular flexibility index (Phi) is 9.60. The number of thioether (sulfide) groups is 1. The molecule has 0 unspecified atom stereocenters. The SMILES string of the molecule is Cn1nc(Cc2nc(SCCCCCCCC(=O)Nc3ccc(Cl)cc3Cl)n[nH]2)c2ccccc2c1=O. The number of benzene rings is 2. The number of rotatable bonds is 12. The van der Waals surface area contributed by atoms with Gasteiger partial charge in [0.25, 0.3) is 5.56 Å². The van der Waals surface area contributed by atoms with Crippen molar-refractivity contribution < 1.29 is 4.79 Å². The number of aromatic amines is 1. The molecule has 0 aliphatic heterocycles. The molecule has 2 heterocycles. The molecule has 2 N–H and O–H groups in total. The second kappa shape index (κ2) is 13.1. The molecule has 1 amide bonds. The zero-order valence-electron chi connectivity index (χ0n) is 20.5. The van der Waals surface area contributed by atoms with E-state index in [4.69, 9.17) is 23.2 Å². The Labute approximate surface area is 229 Å². The number of unbranched alkanes of at least 4 members (excludes halogenated alkanes) is 4. The van der Waals surface area contributed by atoms with E-state index in [1.165, 1.54) is 4.68 Å². The van der Waals surface area contributed by atoms with Crippen molar-refractivity contribution in [2.45, 2.75) is 50.1 Å². The number of nitrogens with one attached hydrogen (secondary N) is 2. The molecule has 37 heavy (non-hydrogen) atoms. The molecule has 0 saturated heterocycles. The van der Waals surface area contributed by atoms with Gasteiger partial charge in [-0.2, -0.15) is 5.10 Å². The van der Waals surface area contributed by atoms with Crippen LogP contribution >= 0.6 is 35.0 Å². The van der Waals surface area contributed by atoms with E-state index < -0.39 is 0 Å². The summed E-state index contributed by atoms with van der Waals surface area (Å²) < 4.78 is 1.37. The minimum absolute atomic E-state index is 0.0406. The third-order valence-corrected chi connectivity index (χ3v) is 7.35. The van der Waals surface area contributed by atoms with Crippen LogP contribution in [-0.4, -0.2) is 36.6 Å². The fraction of sp³-hybridized carbons (Fsp3) is 0.346. The molecular weight excluding hydrogens is 531 g/mol. The zero-order chi connectivity index (χ0) is 26.2. The van der Waals surface area contributed by atoms with Gasteiger partial charge >= 0.3 is 0 Å². The number of hydrogen-bond donors (Lipinski definition) is 2. The van der Waals surface area contributed by atoms with Crippen LogP contribution in [-0.2, 0) is 18.3 Å². The molecule has 2 aromatic heterocycles. The van der Waals surface area contributed by atoms with Gasteiger partial charge in [-0.25, -0.2) is 9.67 Å². The Morgan fingerprint density at radius 2 is 1.81 bits per heavy atom. The molecule has 4 aromatic rings. The van der Waals surface area contributed by atoms with Gasteiger partial charge in [-0.05, 0) is 37.1 Å². The predicted octanol–water partition coefficient (Wildman–Crippen LogP) is 6.02. The van der Waals surface area contributed by atoms with E-state index in [9.17, 15) is 9.59 Å². The van der Waals surface area contributed by atoms with Gasteiger partial charge in [-0.3, -0.25) is 14.7 Å². The first-order valence-electron chi connectivity index (χ1n) is 12.1. The van der Waals surface area contributed by atoms with Crippen molar-refractivity contribution in [3.05, 3.63) is 74.4 Å². The number of carbonyl (C=O) groups is 1. The number of carbonyl (C=O) groups excluding carboxylic acids is 1.